The smallest absolute Gasteiger partial charge is 0.391 e. The molecule has 0 bridgehead atoms. The Labute approximate surface area is 211 Å². The summed E-state index contributed by atoms with van der Waals surface area (Å²) < 4.78 is 2.96. The van der Waals surface area contributed by atoms with Gasteiger partial charge in [0.25, 0.3) is 0 Å². The number of thiocarbonyl (C=S) groups is 1. The van der Waals surface area contributed by atoms with Gasteiger partial charge in [-0.15, -0.1) is 0 Å². The number of rotatable bonds is 6. The van der Waals surface area contributed by atoms with Crippen LogP contribution in [-0.4, -0.2) is 50.0 Å². The molecule has 1 aromatic carbocycles. The SMILES string of the molecule is NC(=O)Oc1cccc(N2CCCN(C(NC(=O)/C=C/c3ccccc3)C(Cl)(Cl)Cl)C2=S)n1. The number of aromatic nitrogens is 1. The Morgan fingerprint density at radius 2 is 1.88 bits per heavy atom. The number of benzene rings is 1. The first-order chi connectivity index (χ1) is 15.6. The summed E-state index contributed by atoms with van der Waals surface area (Å²) in [6, 6.07) is 14.1. The molecule has 12 heteroatoms. The number of amides is 2. The van der Waals surface area contributed by atoms with Gasteiger partial charge in [-0.05, 0) is 36.3 Å². The summed E-state index contributed by atoms with van der Waals surface area (Å²) in [6.07, 6.45) is 1.62. The molecule has 1 aromatic heterocycles. The lowest BCUT2D eigenvalue weighted by Gasteiger charge is -2.44. The van der Waals surface area contributed by atoms with Gasteiger partial charge in [-0.3, -0.25) is 4.79 Å². The maximum atomic E-state index is 12.6. The Balaban J connectivity index is 1.79. The van der Waals surface area contributed by atoms with Gasteiger partial charge in [0.2, 0.25) is 15.6 Å². The van der Waals surface area contributed by atoms with Crippen LogP contribution in [0.3, 0.4) is 0 Å². The van der Waals surface area contributed by atoms with Crippen molar-refractivity contribution in [3.63, 3.8) is 0 Å². The highest BCUT2D eigenvalue weighted by Crippen LogP contribution is 2.34. The van der Waals surface area contributed by atoms with Crippen LogP contribution in [0.15, 0.2) is 54.6 Å². The maximum absolute atomic E-state index is 12.6. The van der Waals surface area contributed by atoms with Crippen molar-refractivity contribution in [2.45, 2.75) is 16.4 Å². The van der Waals surface area contributed by atoms with Crippen molar-refractivity contribution in [1.82, 2.24) is 15.2 Å². The molecule has 1 atom stereocenters. The number of alkyl halides is 3. The molecule has 2 aromatic rings. The van der Waals surface area contributed by atoms with E-state index in [1.165, 1.54) is 12.1 Å². The summed E-state index contributed by atoms with van der Waals surface area (Å²) in [5.41, 5.74) is 5.91. The second-order valence-electron chi connectivity index (χ2n) is 6.93. The van der Waals surface area contributed by atoms with Gasteiger partial charge >= 0.3 is 6.09 Å². The molecule has 0 spiro atoms. The monoisotopic (exact) mass is 527 g/mol. The molecule has 1 aliphatic heterocycles. The van der Waals surface area contributed by atoms with Gasteiger partial charge in [-0.25, -0.2) is 4.79 Å². The largest absolute Gasteiger partial charge is 0.411 e. The quantitative estimate of drug-likeness (QED) is 0.333. The number of hydrogen-bond donors (Lipinski definition) is 2. The van der Waals surface area contributed by atoms with Crippen LogP contribution in [0.2, 0.25) is 0 Å². The molecule has 1 fully saturated rings. The molecule has 3 rings (SSSR count). The van der Waals surface area contributed by atoms with E-state index in [1.807, 2.05) is 30.3 Å². The van der Waals surface area contributed by atoms with E-state index in [9.17, 15) is 9.59 Å². The molecule has 174 valence electrons. The lowest BCUT2D eigenvalue weighted by molar-refractivity contribution is -0.117. The molecule has 0 saturated carbocycles. The molecule has 8 nitrogen and oxygen atoms in total. The van der Waals surface area contributed by atoms with Crippen molar-refractivity contribution in [3.8, 4) is 5.88 Å². The first-order valence-electron chi connectivity index (χ1n) is 9.78. The van der Waals surface area contributed by atoms with E-state index in [2.05, 4.69) is 10.3 Å². The van der Waals surface area contributed by atoms with Crippen molar-refractivity contribution in [2.75, 3.05) is 18.0 Å². The number of anilines is 1. The van der Waals surface area contributed by atoms with Crippen molar-refractivity contribution in [3.05, 3.63) is 60.2 Å². The van der Waals surface area contributed by atoms with Crippen LogP contribution in [0, 0.1) is 0 Å². The van der Waals surface area contributed by atoms with E-state index >= 15 is 0 Å². The van der Waals surface area contributed by atoms with Crippen LogP contribution < -0.4 is 20.7 Å². The van der Waals surface area contributed by atoms with Crippen molar-refractivity contribution in [2.24, 2.45) is 5.73 Å². The molecule has 1 aliphatic rings. The molecule has 2 heterocycles. The number of halogens is 3. The van der Waals surface area contributed by atoms with Crippen molar-refractivity contribution < 1.29 is 14.3 Å². The topological polar surface area (TPSA) is 101 Å². The third-order valence-electron chi connectivity index (χ3n) is 4.58. The summed E-state index contributed by atoms with van der Waals surface area (Å²) in [5, 5.41) is 3.01. The third-order valence-corrected chi connectivity index (χ3v) is 5.65. The molecule has 1 unspecified atom stereocenters. The van der Waals surface area contributed by atoms with Crippen LogP contribution in [0.5, 0.6) is 5.88 Å². The standard InChI is InChI=1S/C21H20Cl3N5O3S/c22-21(23,24)18(27-16(30)11-10-14-6-2-1-3-7-14)29-13-5-12-28(20(29)33)15-8-4-9-17(26-15)32-19(25)31/h1-4,6-11,18H,5,12-13H2,(H2,25,31)(H,27,30)/b11-10+. The van der Waals surface area contributed by atoms with E-state index < -0.39 is 22.0 Å². The number of carbonyl (C=O) groups is 2. The predicted molar refractivity (Wildman–Crippen MR) is 133 cm³/mol. The van der Waals surface area contributed by atoms with Gasteiger partial charge in [0, 0.05) is 25.2 Å². The molecule has 2 amide bonds. The summed E-state index contributed by atoms with van der Waals surface area (Å²) in [7, 11) is 0. The van der Waals surface area contributed by atoms with Gasteiger partial charge < -0.3 is 25.6 Å². The Hall–Kier alpha value is -2.59. The molecule has 3 N–H and O–H groups in total. The third kappa shape index (κ3) is 6.94. The zero-order valence-corrected chi connectivity index (χ0v) is 20.2. The molecule has 0 aliphatic carbocycles. The number of primary amides is 1. The van der Waals surface area contributed by atoms with Gasteiger partial charge in [-0.2, -0.15) is 4.98 Å². The number of nitrogens with zero attached hydrogens (tertiary/aromatic N) is 3. The van der Waals surface area contributed by atoms with E-state index in [4.69, 9.17) is 57.5 Å². The zero-order valence-electron chi connectivity index (χ0n) is 17.2. The average molecular weight is 529 g/mol. The Bertz CT molecular complexity index is 1050. The summed E-state index contributed by atoms with van der Waals surface area (Å²) >= 11 is 24.3. The van der Waals surface area contributed by atoms with E-state index in [0.29, 0.717) is 25.3 Å². The average Bonchev–Trinajstić information content (AvgIpc) is 2.76. The summed E-state index contributed by atoms with van der Waals surface area (Å²) in [4.78, 5) is 31.2. The molecule has 33 heavy (non-hydrogen) atoms. The minimum atomic E-state index is -1.88. The minimum absolute atomic E-state index is 0.0252. The normalized spacial score (nSPS) is 15.4. The number of nitrogens with one attached hydrogen (secondary N) is 1. The second-order valence-corrected chi connectivity index (χ2v) is 9.67. The zero-order chi connectivity index (χ0) is 24.0. The fourth-order valence-electron chi connectivity index (χ4n) is 3.17. The first-order valence-corrected chi connectivity index (χ1v) is 11.3. The highest BCUT2D eigenvalue weighted by Gasteiger charge is 2.42. The van der Waals surface area contributed by atoms with Crippen molar-refractivity contribution >= 4 is 76.0 Å². The molecular weight excluding hydrogens is 509 g/mol. The Morgan fingerprint density at radius 3 is 2.55 bits per heavy atom. The lowest BCUT2D eigenvalue weighted by atomic mass is 10.2. The van der Waals surface area contributed by atoms with Crippen LogP contribution in [-0.2, 0) is 4.79 Å². The number of hydrogen-bond acceptors (Lipinski definition) is 5. The van der Waals surface area contributed by atoms with E-state index in [1.54, 1.807) is 28.0 Å². The van der Waals surface area contributed by atoms with Gasteiger partial charge in [0.1, 0.15) is 5.82 Å². The summed E-state index contributed by atoms with van der Waals surface area (Å²) in [6.45, 7) is 0.963. The van der Waals surface area contributed by atoms with E-state index in [-0.39, 0.29) is 11.0 Å². The fourth-order valence-corrected chi connectivity index (χ4v) is 4.07. The van der Waals surface area contributed by atoms with Gasteiger partial charge in [0.15, 0.2) is 11.3 Å². The maximum Gasteiger partial charge on any atom is 0.411 e. The van der Waals surface area contributed by atoms with Crippen LogP contribution in [0.4, 0.5) is 10.6 Å². The first kappa shape index (κ1) is 25.0. The van der Waals surface area contributed by atoms with E-state index in [0.717, 1.165) is 5.56 Å². The van der Waals surface area contributed by atoms with Crippen molar-refractivity contribution in [1.29, 1.82) is 0 Å². The summed E-state index contributed by atoms with van der Waals surface area (Å²) in [5.74, 6) is -0.0101. The Morgan fingerprint density at radius 1 is 1.15 bits per heavy atom. The van der Waals surface area contributed by atoms with Crippen LogP contribution >= 0.6 is 47.0 Å². The van der Waals surface area contributed by atoms with Crippen LogP contribution in [0.1, 0.15) is 12.0 Å². The molecule has 1 saturated heterocycles. The Kier molecular flexibility index (Phi) is 8.36. The highest BCUT2D eigenvalue weighted by atomic mass is 35.6. The van der Waals surface area contributed by atoms with Gasteiger partial charge in [-0.1, -0.05) is 71.2 Å². The predicted octanol–water partition coefficient (Wildman–Crippen LogP) is 3.86. The highest BCUT2D eigenvalue weighted by molar-refractivity contribution is 7.80. The van der Waals surface area contributed by atoms with Gasteiger partial charge in [0.05, 0.1) is 0 Å². The molecule has 0 radical (unpaired) electrons. The minimum Gasteiger partial charge on any atom is -0.391 e. The number of ether oxygens (including phenoxy) is 1. The second kappa shape index (κ2) is 11.0. The number of carbonyl (C=O) groups excluding carboxylic acids is 2. The number of pyridine rings is 1. The molecular formula is C21H20Cl3N5O3S. The number of nitrogens with two attached hydrogens (primary N) is 1. The lowest BCUT2D eigenvalue weighted by Crippen LogP contribution is -2.62. The fraction of sp³-hybridized carbons (Fsp3) is 0.238. The van der Waals surface area contributed by atoms with Crippen LogP contribution in [0.25, 0.3) is 6.08 Å².